The molecule has 5 rings (SSSR count). The third-order valence-corrected chi connectivity index (χ3v) is 10.0. The van der Waals surface area contributed by atoms with Crippen LogP contribution in [0.2, 0.25) is 0 Å². The molecular weight excluding hydrogens is 507 g/mol. The number of thioether (sulfide) groups is 1. The highest BCUT2D eigenvalue weighted by atomic mass is 32.2. The molecule has 0 radical (unpaired) electrons. The molecule has 0 bridgehead atoms. The first kappa shape index (κ1) is 25.2. The number of carbonyl (C=O) groups excluding carboxylic acids is 1. The number of benzene rings is 1. The van der Waals surface area contributed by atoms with Gasteiger partial charge in [-0.2, -0.15) is 0 Å². The van der Waals surface area contributed by atoms with Crippen LogP contribution in [0.15, 0.2) is 46.4 Å². The molecule has 0 atom stereocenters. The Morgan fingerprint density at radius 3 is 2.56 bits per heavy atom. The monoisotopic (exact) mass is 537 g/mol. The SMILES string of the molecule is CCN(CC)c1ccc(-c2csc(C3CCN(C(=O)CSc4ncnc5c(C)csc45)CC3)n2)cc1. The van der Waals surface area contributed by atoms with Gasteiger partial charge in [0, 0.05) is 48.7 Å². The summed E-state index contributed by atoms with van der Waals surface area (Å²) < 4.78 is 1.08. The number of anilines is 1. The van der Waals surface area contributed by atoms with E-state index in [-0.39, 0.29) is 5.91 Å². The number of thiophene rings is 1. The van der Waals surface area contributed by atoms with Crippen LogP contribution in [0.4, 0.5) is 5.69 Å². The fraction of sp³-hybridized carbons (Fsp3) is 0.407. The Morgan fingerprint density at radius 2 is 1.83 bits per heavy atom. The molecule has 6 nitrogen and oxygen atoms in total. The second-order valence-electron chi connectivity index (χ2n) is 9.01. The van der Waals surface area contributed by atoms with Crippen LogP contribution in [0.5, 0.6) is 0 Å². The summed E-state index contributed by atoms with van der Waals surface area (Å²) in [7, 11) is 0. The van der Waals surface area contributed by atoms with E-state index in [0.29, 0.717) is 11.7 Å². The van der Waals surface area contributed by atoms with Crippen LogP contribution in [0.1, 0.15) is 43.2 Å². The zero-order valence-electron chi connectivity index (χ0n) is 20.9. The van der Waals surface area contributed by atoms with Crippen LogP contribution in [-0.2, 0) is 4.79 Å². The summed E-state index contributed by atoms with van der Waals surface area (Å²) in [4.78, 5) is 31.0. The minimum Gasteiger partial charge on any atom is -0.372 e. The second-order valence-corrected chi connectivity index (χ2v) is 11.7. The third-order valence-electron chi connectivity index (χ3n) is 6.84. The van der Waals surface area contributed by atoms with Gasteiger partial charge in [-0.05, 0) is 56.7 Å². The first-order valence-electron chi connectivity index (χ1n) is 12.5. The average Bonchev–Trinajstić information content (AvgIpc) is 3.56. The summed E-state index contributed by atoms with van der Waals surface area (Å²) >= 11 is 4.92. The van der Waals surface area contributed by atoms with Gasteiger partial charge in [0.15, 0.2) is 0 Å². The van der Waals surface area contributed by atoms with E-state index in [1.54, 1.807) is 29.0 Å². The smallest absolute Gasteiger partial charge is 0.232 e. The lowest BCUT2D eigenvalue weighted by molar-refractivity contribution is -0.129. The van der Waals surface area contributed by atoms with Gasteiger partial charge < -0.3 is 9.80 Å². The van der Waals surface area contributed by atoms with Gasteiger partial charge in [-0.1, -0.05) is 23.9 Å². The van der Waals surface area contributed by atoms with Crippen molar-refractivity contribution in [3.05, 3.63) is 51.9 Å². The van der Waals surface area contributed by atoms with E-state index in [1.807, 2.05) is 4.90 Å². The molecule has 0 spiro atoms. The number of rotatable bonds is 8. The van der Waals surface area contributed by atoms with Crippen LogP contribution < -0.4 is 4.90 Å². The molecule has 188 valence electrons. The molecular formula is C27H31N5OS3. The molecule has 1 aliphatic rings. The third kappa shape index (κ3) is 5.28. The van der Waals surface area contributed by atoms with Crippen molar-refractivity contribution in [2.75, 3.05) is 36.8 Å². The van der Waals surface area contributed by atoms with Crippen molar-refractivity contribution in [3.8, 4) is 11.3 Å². The molecule has 1 aliphatic heterocycles. The van der Waals surface area contributed by atoms with Gasteiger partial charge >= 0.3 is 0 Å². The van der Waals surface area contributed by atoms with E-state index in [2.05, 4.69) is 70.7 Å². The largest absolute Gasteiger partial charge is 0.372 e. The van der Waals surface area contributed by atoms with Crippen molar-refractivity contribution < 1.29 is 4.79 Å². The van der Waals surface area contributed by atoms with Crippen molar-refractivity contribution >= 4 is 56.2 Å². The van der Waals surface area contributed by atoms with Gasteiger partial charge in [0.1, 0.15) is 11.4 Å². The topological polar surface area (TPSA) is 62.2 Å². The Hall–Kier alpha value is -2.49. The molecule has 1 saturated heterocycles. The van der Waals surface area contributed by atoms with Crippen molar-refractivity contribution in [3.63, 3.8) is 0 Å². The lowest BCUT2D eigenvalue weighted by Crippen LogP contribution is -2.38. The number of fused-ring (bicyclic) bond motifs is 1. The quantitative estimate of drug-likeness (QED) is 0.190. The fourth-order valence-electron chi connectivity index (χ4n) is 4.69. The molecule has 4 aromatic rings. The molecule has 0 saturated carbocycles. The standard InChI is InChI=1S/C27H31N5OS3/c1-4-31(5-2)21-8-6-19(7-9-21)22-15-35-26(30-22)20-10-12-32(13-11-20)23(33)16-36-27-25-24(28-17-29-27)18(3)14-34-25/h6-9,14-15,17,20H,4-5,10-13,16H2,1-3H3. The van der Waals surface area contributed by atoms with Crippen molar-refractivity contribution in [2.45, 2.75) is 44.6 Å². The molecule has 0 unspecified atom stereocenters. The van der Waals surface area contributed by atoms with E-state index in [1.165, 1.54) is 22.5 Å². The number of nitrogens with zero attached hydrogens (tertiary/aromatic N) is 5. The van der Waals surface area contributed by atoms with Crippen LogP contribution in [0.25, 0.3) is 21.5 Å². The summed E-state index contributed by atoms with van der Waals surface area (Å²) in [6.45, 7) is 10.0. The number of likely N-dealkylation sites (tertiary alicyclic amines) is 1. The highest BCUT2D eigenvalue weighted by Gasteiger charge is 2.26. The molecule has 0 N–H and O–H groups in total. The number of hydrogen-bond acceptors (Lipinski definition) is 8. The van der Waals surface area contributed by atoms with Crippen LogP contribution >= 0.6 is 34.4 Å². The highest BCUT2D eigenvalue weighted by molar-refractivity contribution is 8.00. The first-order chi connectivity index (χ1) is 17.6. The number of hydrogen-bond donors (Lipinski definition) is 0. The van der Waals surface area contributed by atoms with E-state index in [0.717, 1.165) is 71.1 Å². The maximum Gasteiger partial charge on any atom is 0.232 e. The van der Waals surface area contributed by atoms with Gasteiger partial charge in [0.25, 0.3) is 0 Å². The molecule has 36 heavy (non-hydrogen) atoms. The fourth-order valence-corrected chi connectivity index (χ4v) is 7.69. The first-order valence-corrected chi connectivity index (χ1v) is 15.2. The average molecular weight is 538 g/mol. The maximum absolute atomic E-state index is 12.9. The summed E-state index contributed by atoms with van der Waals surface area (Å²) in [5.41, 5.74) is 5.63. The Balaban J connectivity index is 1.15. The van der Waals surface area contributed by atoms with E-state index in [9.17, 15) is 4.79 Å². The predicted molar refractivity (Wildman–Crippen MR) is 153 cm³/mol. The van der Waals surface area contributed by atoms with Crippen LogP contribution in [0.3, 0.4) is 0 Å². The predicted octanol–water partition coefficient (Wildman–Crippen LogP) is 6.47. The molecule has 1 fully saturated rings. The van der Waals surface area contributed by atoms with Crippen LogP contribution in [-0.4, -0.2) is 57.7 Å². The Labute approximate surface area is 224 Å². The normalized spacial score (nSPS) is 14.5. The Morgan fingerprint density at radius 1 is 1.08 bits per heavy atom. The number of piperidine rings is 1. The second kappa shape index (κ2) is 11.3. The van der Waals surface area contributed by atoms with Crippen molar-refractivity contribution in [1.82, 2.24) is 19.9 Å². The number of aryl methyl sites for hydroxylation is 1. The maximum atomic E-state index is 12.9. The summed E-state index contributed by atoms with van der Waals surface area (Å²) in [5.74, 6) is 1.02. The molecule has 0 aliphatic carbocycles. The number of carbonyl (C=O) groups is 1. The van der Waals surface area contributed by atoms with Gasteiger partial charge in [-0.3, -0.25) is 4.79 Å². The Bertz CT molecular complexity index is 1320. The lowest BCUT2D eigenvalue weighted by Gasteiger charge is -2.31. The zero-order valence-corrected chi connectivity index (χ0v) is 23.4. The van der Waals surface area contributed by atoms with Crippen LogP contribution in [0, 0.1) is 6.92 Å². The molecule has 4 heterocycles. The number of aromatic nitrogens is 3. The summed E-state index contributed by atoms with van der Waals surface area (Å²) in [6.07, 6.45) is 3.53. The summed E-state index contributed by atoms with van der Waals surface area (Å²) in [6, 6.07) is 8.73. The van der Waals surface area contributed by atoms with Gasteiger partial charge in [0.2, 0.25) is 5.91 Å². The molecule has 9 heteroatoms. The van der Waals surface area contributed by atoms with E-state index in [4.69, 9.17) is 4.98 Å². The van der Waals surface area contributed by atoms with E-state index >= 15 is 0 Å². The van der Waals surface area contributed by atoms with E-state index < -0.39 is 0 Å². The lowest BCUT2D eigenvalue weighted by atomic mass is 9.97. The minimum absolute atomic E-state index is 0.187. The zero-order chi connectivity index (χ0) is 25.1. The van der Waals surface area contributed by atoms with Crippen molar-refractivity contribution in [1.29, 1.82) is 0 Å². The van der Waals surface area contributed by atoms with Gasteiger partial charge in [-0.15, -0.1) is 22.7 Å². The highest BCUT2D eigenvalue weighted by Crippen LogP contribution is 2.35. The molecule has 1 aromatic carbocycles. The number of amides is 1. The van der Waals surface area contributed by atoms with Gasteiger partial charge in [-0.25, -0.2) is 15.0 Å². The molecule has 1 amide bonds. The Kier molecular flexibility index (Phi) is 7.88. The molecule has 3 aromatic heterocycles. The minimum atomic E-state index is 0.187. The summed E-state index contributed by atoms with van der Waals surface area (Å²) in [5, 5.41) is 6.36. The number of thiazole rings is 1. The van der Waals surface area contributed by atoms with Crippen molar-refractivity contribution in [2.24, 2.45) is 0 Å². The van der Waals surface area contributed by atoms with Gasteiger partial charge in [0.05, 0.1) is 26.7 Å².